The maximum Gasteiger partial charge on any atom is 0.0598 e. The second-order valence-electron chi connectivity index (χ2n) is 6.91. The van der Waals surface area contributed by atoms with E-state index in [0.29, 0.717) is 0 Å². The smallest absolute Gasteiger partial charge is 0.0598 e. The molecule has 0 bridgehead atoms. The summed E-state index contributed by atoms with van der Waals surface area (Å²) in [5.41, 5.74) is 0.0508. The Kier molecular flexibility index (Phi) is 4.04. The third-order valence-corrected chi connectivity index (χ3v) is 2.62. The van der Waals surface area contributed by atoms with Crippen molar-refractivity contribution in [2.24, 2.45) is 5.41 Å². The highest BCUT2D eigenvalue weighted by molar-refractivity contribution is 4.93. The molecule has 0 aromatic carbocycles. The summed E-state index contributed by atoms with van der Waals surface area (Å²) in [4.78, 5) is 0. The van der Waals surface area contributed by atoms with Crippen molar-refractivity contribution >= 4 is 0 Å². The first-order chi connectivity index (χ1) is 7.12. The van der Waals surface area contributed by atoms with E-state index in [4.69, 9.17) is 9.47 Å². The topological polar surface area (TPSA) is 30.5 Å². The second kappa shape index (κ2) is 4.63. The molecule has 96 valence electrons. The van der Waals surface area contributed by atoms with Gasteiger partial charge < -0.3 is 14.8 Å². The van der Waals surface area contributed by atoms with Crippen molar-refractivity contribution in [1.82, 2.24) is 5.32 Å². The average Bonchev–Trinajstić information content (AvgIpc) is 1.97. The van der Waals surface area contributed by atoms with Gasteiger partial charge in [-0.3, -0.25) is 0 Å². The van der Waals surface area contributed by atoms with Crippen molar-refractivity contribution in [3.05, 3.63) is 0 Å². The van der Waals surface area contributed by atoms with E-state index in [0.717, 1.165) is 26.3 Å². The van der Waals surface area contributed by atoms with Gasteiger partial charge in [-0.1, -0.05) is 0 Å². The fourth-order valence-corrected chi connectivity index (χ4v) is 1.46. The summed E-state index contributed by atoms with van der Waals surface area (Å²) in [7, 11) is 0. The molecule has 0 aliphatic carbocycles. The predicted octanol–water partition coefficient (Wildman–Crippen LogP) is 2.21. The first-order valence-corrected chi connectivity index (χ1v) is 6.11. The molecule has 3 nitrogen and oxygen atoms in total. The molecule has 1 saturated heterocycles. The van der Waals surface area contributed by atoms with Crippen molar-refractivity contribution in [3.8, 4) is 0 Å². The standard InChI is InChI=1S/C13H27NO2/c1-11(2,3)15-9-13(7-14-8-13)10-16-12(4,5)6/h14H,7-10H2,1-6H3. The molecule has 1 aliphatic rings. The quantitative estimate of drug-likeness (QED) is 0.801. The van der Waals surface area contributed by atoms with Gasteiger partial charge in [0.1, 0.15) is 0 Å². The van der Waals surface area contributed by atoms with Crippen LogP contribution in [0, 0.1) is 5.41 Å². The molecule has 0 aromatic heterocycles. The number of ether oxygens (including phenoxy) is 2. The molecule has 0 spiro atoms. The van der Waals surface area contributed by atoms with Crippen LogP contribution in [-0.2, 0) is 9.47 Å². The Balaban J connectivity index is 2.39. The van der Waals surface area contributed by atoms with E-state index < -0.39 is 0 Å². The van der Waals surface area contributed by atoms with E-state index >= 15 is 0 Å². The Morgan fingerprint density at radius 3 is 1.44 bits per heavy atom. The Hall–Kier alpha value is -0.120. The minimum absolute atomic E-state index is 0.0652. The minimum atomic E-state index is -0.0652. The summed E-state index contributed by atoms with van der Waals surface area (Å²) in [6.45, 7) is 16.1. The van der Waals surface area contributed by atoms with E-state index in [9.17, 15) is 0 Å². The van der Waals surface area contributed by atoms with Crippen LogP contribution >= 0.6 is 0 Å². The van der Waals surface area contributed by atoms with Gasteiger partial charge in [0.15, 0.2) is 0 Å². The zero-order valence-electron chi connectivity index (χ0n) is 11.6. The summed E-state index contributed by atoms with van der Waals surface area (Å²) in [6, 6.07) is 0. The van der Waals surface area contributed by atoms with Crippen molar-refractivity contribution in [1.29, 1.82) is 0 Å². The van der Waals surface area contributed by atoms with E-state index in [1.54, 1.807) is 0 Å². The Morgan fingerprint density at radius 2 is 1.25 bits per heavy atom. The molecule has 1 heterocycles. The zero-order chi connectivity index (χ0) is 12.4. The molecule has 0 radical (unpaired) electrons. The Morgan fingerprint density at radius 1 is 0.875 bits per heavy atom. The van der Waals surface area contributed by atoms with Crippen molar-refractivity contribution in [2.45, 2.75) is 52.7 Å². The van der Waals surface area contributed by atoms with Crippen LogP contribution in [0.2, 0.25) is 0 Å². The number of rotatable bonds is 4. The highest BCUT2D eigenvalue weighted by Gasteiger charge is 2.39. The van der Waals surface area contributed by atoms with E-state index in [1.165, 1.54) is 0 Å². The molecule has 1 fully saturated rings. The van der Waals surface area contributed by atoms with Crippen LogP contribution in [0.4, 0.5) is 0 Å². The molecule has 1 N–H and O–H groups in total. The molecule has 0 unspecified atom stereocenters. The van der Waals surface area contributed by atoms with Crippen LogP contribution in [0.3, 0.4) is 0 Å². The van der Waals surface area contributed by atoms with Crippen LogP contribution in [-0.4, -0.2) is 37.5 Å². The van der Waals surface area contributed by atoms with Gasteiger partial charge in [-0.15, -0.1) is 0 Å². The third-order valence-electron chi connectivity index (χ3n) is 2.62. The Labute approximate surface area is 99.9 Å². The molecule has 1 rings (SSSR count). The van der Waals surface area contributed by atoms with Gasteiger partial charge >= 0.3 is 0 Å². The van der Waals surface area contributed by atoms with E-state index in [1.807, 2.05) is 0 Å². The van der Waals surface area contributed by atoms with Crippen LogP contribution in [0.5, 0.6) is 0 Å². The maximum atomic E-state index is 5.88. The zero-order valence-corrected chi connectivity index (χ0v) is 11.6. The first-order valence-electron chi connectivity index (χ1n) is 6.11. The number of hydrogen-bond acceptors (Lipinski definition) is 3. The monoisotopic (exact) mass is 229 g/mol. The van der Waals surface area contributed by atoms with Crippen LogP contribution in [0.25, 0.3) is 0 Å². The van der Waals surface area contributed by atoms with Crippen molar-refractivity contribution in [3.63, 3.8) is 0 Å². The van der Waals surface area contributed by atoms with Gasteiger partial charge in [-0.2, -0.15) is 0 Å². The summed E-state index contributed by atoms with van der Waals surface area (Å²) in [6.07, 6.45) is 0. The third kappa shape index (κ3) is 4.81. The fraction of sp³-hybridized carbons (Fsp3) is 1.00. The first kappa shape index (κ1) is 13.9. The van der Waals surface area contributed by atoms with Gasteiger partial charge in [0.05, 0.1) is 24.4 Å². The molecule has 16 heavy (non-hydrogen) atoms. The lowest BCUT2D eigenvalue weighted by atomic mass is 9.83. The van der Waals surface area contributed by atoms with E-state index in [2.05, 4.69) is 46.9 Å². The van der Waals surface area contributed by atoms with Crippen LogP contribution < -0.4 is 5.32 Å². The van der Waals surface area contributed by atoms with Crippen molar-refractivity contribution < 1.29 is 9.47 Å². The number of nitrogens with one attached hydrogen (secondary N) is 1. The largest absolute Gasteiger partial charge is 0.375 e. The molecule has 3 heteroatoms. The Bertz CT molecular complexity index is 201. The molecular formula is C13H27NO2. The average molecular weight is 229 g/mol. The van der Waals surface area contributed by atoms with Crippen molar-refractivity contribution in [2.75, 3.05) is 26.3 Å². The number of hydrogen-bond donors (Lipinski definition) is 1. The summed E-state index contributed by atoms with van der Waals surface area (Å²) >= 11 is 0. The molecule has 0 aromatic rings. The van der Waals surface area contributed by atoms with Crippen LogP contribution in [0.1, 0.15) is 41.5 Å². The predicted molar refractivity (Wildman–Crippen MR) is 66.7 cm³/mol. The molecule has 1 aliphatic heterocycles. The van der Waals surface area contributed by atoms with Gasteiger partial charge in [-0.25, -0.2) is 0 Å². The lowest BCUT2D eigenvalue weighted by Crippen LogP contribution is -2.60. The second-order valence-corrected chi connectivity index (χ2v) is 6.91. The molecular weight excluding hydrogens is 202 g/mol. The normalized spacial score (nSPS) is 20.6. The van der Waals surface area contributed by atoms with Crippen LogP contribution in [0.15, 0.2) is 0 Å². The highest BCUT2D eigenvalue weighted by atomic mass is 16.5. The minimum Gasteiger partial charge on any atom is -0.375 e. The highest BCUT2D eigenvalue weighted by Crippen LogP contribution is 2.27. The molecule has 0 atom stereocenters. The van der Waals surface area contributed by atoms with Gasteiger partial charge in [-0.05, 0) is 41.5 Å². The summed E-state index contributed by atoms with van der Waals surface area (Å²) in [5, 5.41) is 3.31. The SMILES string of the molecule is CC(C)(C)OCC1(COC(C)(C)C)CNC1. The van der Waals surface area contributed by atoms with Gasteiger partial charge in [0, 0.05) is 18.5 Å². The summed E-state index contributed by atoms with van der Waals surface area (Å²) in [5.74, 6) is 0. The lowest BCUT2D eigenvalue weighted by Gasteiger charge is -2.44. The lowest BCUT2D eigenvalue weighted by molar-refractivity contribution is -0.123. The van der Waals surface area contributed by atoms with Gasteiger partial charge in [0.2, 0.25) is 0 Å². The maximum absolute atomic E-state index is 5.88. The molecule has 0 amide bonds. The molecule has 0 saturated carbocycles. The van der Waals surface area contributed by atoms with Gasteiger partial charge in [0.25, 0.3) is 0 Å². The fourth-order valence-electron chi connectivity index (χ4n) is 1.46. The van der Waals surface area contributed by atoms with E-state index in [-0.39, 0.29) is 16.6 Å². The summed E-state index contributed by atoms with van der Waals surface area (Å²) < 4.78 is 11.8.